The van der Waals surface area contributed by atoms with Crippen LogP contribution in [0.1, 0.15) is 6.92 Å². The van der Waals surface area contributed by atoms with Gasteiger partial charge in [-0.3, -0.25) is 9.79 Å². The first-order chi connectivity index (χ1) is 3.63. The molecule has 0 aromatic heterocycles. The summed E-state index contributed by atoms with van der Waals surface area (Å²) < 4.78 is 0. The summed E-state index contributed by atoms with van der Waals surface area (Å²) in [5.74, 6) is -1.53. The van der Waals surface area contributed by atoms with Crippen molar-refractivity contribution in [2.24, 2.45) is 4.99 Å². The lowest BCUT2D eigenvalue weighted by Crippen LogP contribution is -2.14. The van der Waals surface area contributed by atoms with Crippen LogP contribution < -0.4 is 5.11 Å². The molecule has 0 aromatic rings. The molecule has 0 bridgehead atoms. The van der Waals surface area contributed by atoms with Crippen molar-refractivity contribution in [3.8, 4) is 0 Å². The second-order valence-electron chi connectivity index (χ2n) is 1.23. The molecule has 0 fully saturated rings. The standard InChI is InChI=1S/C4H7NO3/c1-3(6)5-2-4(7)8/h2H2,1H3,(H,5,6)(H,7,8)/p-1. The van der Waals surface area contributed by atoms with E-state index < -0.39 is 18.4 Å². The van der Waals surface area contributed by atoms with Crippen LogP contribution in [0.3, 0.4) is 0 Å². The van der Waals surface area contributed by atoms with Gasteiger partial charge in [-0.05, 0) is 12.8 Å². The van der Waals surface area contributed by atoms with Crippen LogP contribution in [0.15, 0.2) is 4.99 Å². The Morgan fingerprint density at radius 2 is 2.38 bits per heavy atom. The first kappa shape index (κ1) is 6.94. The normalized spacial score (nSPS) is 11.4. The van der Waals surface area contributed by atoms with Gasteiger partial charge in [0, 0.05) is 0 Å². The number of carboxylic acids is 1. The zero-order valence-corrected chi connectivity index (χ0v) is 4.42. The maximum atomic E-state index is 9.92. The molecular weight excluding hydrogens is 110 g/mol. The van der Waals surface area contributed by atoms with Crippen LogP contribution >= 0.6 is 0 Å². The topological polar surface area (TPSA) is 72.7 Å². The summed E-state index contributed by atoms with van der Waals surface area (Å²) in [6.07, 6.45) is 0. The minimum atomic E-state index is -1.08. The van der Waals surface area contributed by atoms with Gasteiger partial charge in [-0.15, -0.1) is 0 Å². The van der Waals surface area contributed by atoms with E-state index in [4.69, 9.17) is 5.11 Å². The second kappa shape index (κ2) is 3.01. The fourth-order valence-corrected chi connectivity index (χ4v) is 0.179. The van der Waals surface area contributed by atoms with Gasteiger partial charge in [0.15, 0.2) is 0 Å². The van der Waals surface area contributed by atoms with Crippen molar-refractivity contribution in [1.29, 1.82) is 0 Å². The van der Waals surface area contributed by atoms with E-state index in [0.29, 0.717) is 0 Å². The van der Waals surface area contributed by atoms with Gasteiger partial charge in [0.25, 0.3) is 0 Å². The first-order valence-corrected chi connectivity index (χ1v) is 2.03. The number of rotatable bonds is 2. The van der Waals surface area contributed by atoms with Crippen LogP contribution in [0.25, 0.3) is 0 Å². The number of carboxylic acid groups (broad SMARTS) is 1. The Kier molecular flexibility index (Phi) is 2.61. The average Bonchev–Trinajstić information content (AvgIpc) is 1.61. The van der Waals surface area contributed by atoms with Crippen LogP contribution in [-0.4, -0.2) is 23.5 Å². The van der Waals surface area contributed by atoms with Gasteiger partial charge in [0.2, 0.25) is 0 Å². The fourth-order valence-electron chi connectivity index (χ4n) is 0.179. The molecule has 0 aliphatic rings. The third-order valence-corrected chi connectivity index (χ3v) is 0.437. The monoisotopic (exact) mass is 116 g/mol. The summed E-state index contributed by atoms with van der Waals surface area (Å²) in [4.78, 5) is 12.7. The van der Waals surface area contributed by atoms with E-state index in [0.717, 1.165) is 0 Å². The molecule has 0 spiro atoms. The quantitative estimate of drug-likeness (QED) is 0.365. The van der Waals surface area contributed by atoms with E-state index in [2.05, 4.69) is 4.99 Å². The lowest BCUT2D eigenvalue weighted by molar-refractivity contribution is -0.216. The summed E-state index contributed by atoms with van der Waals surface area (Å²) in [5, 5.41) is 17.8. The highest BCUT2D eigenvalue weighted by molar-refractivity contribution is 5.75. The van der Waals surface area contributed by atoms with Crippen LogP contribution in [0.5, 0.6) is 0 Å². The Balaban J connectivity index is 3.45. The molecule has 0 aromatic carbocycles. The molecule has 0 rings (SSSR count). The highest BCUT2D eigenvalue weighted by Gasteiger charge is 1.87. The van der Waals surface area contributed by atoms with E-state index in [9.17, 15) is 9.90 Å². The molecule has 4 nitrogen and oxygen atoms in total. The van der Waals surface area contributed by atoms with Gasteiger partial charge < -0.3 is 10.2 Å². The maximum Gasteiger partial charge on any atom is 0.325 e. The zero-order chi connectivity index (χ0) is 6.57. The van der Waals surface area contributed by atoms with Crippen LogP contribution in [0.4, 0.5) is 0 Å². The van der Waals surface area contributed by atoms with Gasteiger partial charge in [-0.2, -0.15) is 0 Å². The Bertz CT molecular complexity index is 114. The van der Waals surface area contributed by atoms with E-state index in [-0.39, 0.29) is 0 Å². The summed E-state index contributed by atoms with van der Waals surface area (Å²) in [6.45, 7) is 0.790. The van der Waals surface area contributed by atoms with E-state index in [1.807, 2.05) is 0 Å². The predicted octanol–water partition coefficient (Wildman–Crippen LogP) is -1.15. The Hall–Kier alpha value is -1.06. The average molecular weight is 116 g/mol. The highest BCUT2D eigenvalue weighted by atomic mass is 16.4. The lowest BCUT2D eigenvalue weighted by atomic mass is 10.6. The van der Waals surface area contributed by atoms with Gasteiger partial charge >= 0.3 is 5.97 Å². The molecule has 0 radical (unpaired) electrons. The van der Waals surface area contributed by atoms with Crippen molar-refractivity contribution in [1.82, 2.24) is 0 Å². The minimum Gasteiger partial charge on any atom is -0.862 e. The van der Waals surface area contributed by atoms with Crippen LogP contribution in [0, 0.1) is 0 Å². The third-order valence-electron chi connectivity index (χ3n) is 0.437. The molecule has 46 valence electrons. The SMILES string of the molecule is CC([O-])=NCC(=O)O. The van der Waals surface area contributed by atoms with Crippen LogP contribution in [0.2, 0.25) is 0 Å². The number of aliphatic imine (C=N–C) groups is 1. The molecule has 0 amide bonds. The molecule has 0 saturated carbocycles. The van der Waals surface area contributed by atoms with Crippen molar-refractivity contribution >= 4 is 11.9 Å². The molecule has 1 N–H and O–H groups in total. The van der Waals surface area contributed by atoms with Crippen molar-refractivity contribution in [2.75, 3.05) is 6.54 Å². The molecule has 0 saturated heterocycles. The molecule has 4 heteroatoms. The van der Waals surface area contributed by atoms with Gasteiger partial charge in [0.05, 0.1) is 0 Å². The largest absolute Gasteiger partial charge is 0.862 e. The van der Waals surface area contributed by atoms with E-state index >= 15 is 0 Å². The number of nitrogens with zero attached hydrogens (tertiary/aromatic N) is 1. The number of aliphatic carboxylic acids is 1. The Morgan fingerprint density at radius 1 is 1.88 bits per heavy atom. The minimum absolute atomic E-state index is 0.421. The molecule has 0 unspecified atom stereocenters. The number of carbonyl (C=O) groups is 1. The summed E-state index contributed by atoms with van der Waals surface area (Å²) in [6, 6.07) is 0. The molecule has 0 heterocycles. The van der Waals surface area contributed by atoms with Gasteiger partial charge in [-0.1, -0.05) is 0 Å². The predicted molar refractivity (Wildman–Crippen MR) is 25.6 cm³/mol. The number of hydrogen-bond donors (Lipinski definition) is 1. The molecule has 8 heavy (non-hydrogen) atoms. The lowest BCUT2D eigenvalue weighted by Gasteiger charge is -1.98. The van der Waals surface area contributed by atoms with Crippen molar-refractivity contribution in [3.63, 3.8) is 0 Å². The Morgan fingerprint density at radius 3 is 2.50 bits per heavy atom. The fraction of sp³-hybridized carbons (Fsp3) is 0.500. The summed E-state index contributed by atoms with van der Waals surface area (Å²) in [7, 11) is 0. The second-order valence-corrected chi connectivity index (χ2v) is 1.23. The van der Waals surface area contributed by atoms with Crippen molar-refractivity contribution < 1.29 is 15.0 Å². The highest BCUT2D eigenvalue weighted by Crippen LogP contribution is 1.68. The zero-order valence-electron chi connectivity index (χ0n) is 4.42. The molecule has 0 aliphatic carbocycles. The summed E-state index contributed by atoms with van der Waals surface area (Å²) in [5.41, 5.74) is 0. The smallest absolute Gasteiger partial charge is 0.325 e. The summed E-state index contributed by atoms with van der Waals surface area (Å²) >= 11 is 0. The van der Waals surface area contributed by atoms with E-state index in [1.165, 1.54) is 6.92 Å². The van der Waals surface area contributed by atoms with Crippen molar-refractivity contribution in [3.05, 3.63) is 0 Å². The van der Waals surface area contributed by atoms with Crippen molar-refractivity contribution in [2.45, 2.75) is 6.92 Å². The van der Waals surface area contributed by atoms with Crippen LogP contribution in [-0.2, 0) is 4.79 Å². The molecular formula is C4H6NO3-. The van der Waals surface area contributed by atoms with Gasteiger partial charge in [-0.25, -0.2) is 0 Å². The first-order valence-electron chi connectivity index (χ1n) is 2.03. The third kappa shape index (κ3) is 4.94. The molecule has 0 atom stereocenters. The van der Waals surface area contributed by atoms with E-state index in [1.54, 1.807) is 0 Å². The number of hydrogen-bond acceptors (Lipinski definition) is 3. The van der Waals surface area contributed by atoms with Gasteiger partial charge in [0.1, 0.15) is 6.54 Å². The molecule has 0 aliphatic heterocycles. The maximum absolute atomic E-state index is 9.92. The Labute approximate surface area is 46.5 Å².